The SMILES string of the molecule is C=C(OC(=O)/C(CC)=C(/C)C(N)CC)C(N)=O. The summed E-state index contributed by atoms with van der Waals surface area (Å²) in [5, 5.41) is 0. The van der Waals surface area contributed by atoms with E-state index < -0.39 is 11.9 Å². The Morgan fingerprint density at radius 1 is 1.35 bits per heavy atom. The third-order valence-electron chi connectivity index (χ3n) is 2.56. The lowest BCUT2D eigenvalue weighted by Crippen LogP contribution is -2.25. The lowest BCUT2D eigenvalue weighted by atomic mass is 9.99. The van der Waals surface area contributed by atoms with E-state index in [0.717, 1.165) is 12.0 Å². The van der Waals surface area contributed by atoms with Gasteiger partial charge in [0, 0.05) is 11.6 Å². The van der Waals surface area contributed by atoms with Gasteiger partial charge in [-0.2, -0.15) is 0 Å². The summed E-state index contributed by atoms with van der Waals surface area (Å²) in [6.45, 7) is 8.78. The van der Waals surface area contributed by atoms with E-state index in [1.54, 1.807) is 6.92 Å². The molecule has 0 rings (SSSR count). The van der Waals surface area contributed by atoms with Crippen LogP contribution >= 0.6 is 0 Å². The van der Waals surface area contributed by atoms with Crippen molar-refractivity contribution in [1.29, 1.82) is 0 Å². The number of carbonyl (C=O) groups is 2. The van der Waals surface area contributed by atoms with Crippen LogP contribution in [-0.4, -0.2) is 17.9 Å². The monoisotopic (exact) mass is 240 g/mol. The zero-order valence-corrected chi connectivity index (χ0v) is 10.6. The summed E-state index contributed by atoms with van der Waals surface area (Å²) in [5.41, 5.74) is 12.0. The highest BCUT2D eigenvalue weighted by Gasteiger charge is 2.18. The lowest BCUT2D eigenvalue weighted by molar-refractivity contribution is -0.138. The summed E-state index contributed by atoms with van der Waals surface area (Å²) >= 11 is 0. The quantitative estimate of drug-likeness (QED) is 0.411. The first-order valence-corrected chi connectivity index (χ1v) is 5.51. The molecule has 0 aromatic carbocycles. The fourth-order valence-electron chi connectivity index (χ4n) is 1.34. The number of primary amides is 1. The van der Waals surface area contributed by atoms with E-state index >= 15 is 0 Å². The molecule has 0 saturated heterocycles. The summed E-state index contributed by atoms with van der Waals surface area (Å²) in [5.74, 6) is -1.83. The van der Waals surface area contributed by atoms with E-state index in [-0.39, 0.29) is 11.8 Å². The smallest absolute Gasteiger partial charge is 0.339 e. The third-order valence-corrected chi connectivity index (χ3v) is 2.56. The summed E-state index contributed by atoms with van der Waals surface area (Å²) < 4.78 is 4.76. The highest BCUT2D eigenvalue weighted by molar-refractivity contribution is 5.96. The fourth-order valence-corrected chi connectivity index (χ4v) is 1.34. The molecule has 5 nitrogen and oxygen atoms in total. The molecule has 0 aliphatic carbocycles. The number of hydrogen-bond donors (Lipinski definition) is 2. The second kappa shape index (κ2) is 6.85. The molecule has 1 unspecified atom stereocenters. The molecule has 0 fully saturated rings. The van der Waals surface area contributed by atoms with Crippen LogP contribution in [-0.2, 0) is 14.3 Å². The van der Waals surface area contributed by atoms with Gasteiger partial charge in [-0.25, -0.2) is 4.79 Å². The topological polar surface area (TPSA) is 95.4 Å². The molecule has 1 atom stereocenters. The van der Waals surface area contributed by atoms with Gasteiger partial charge >= 0.3 is 5.97 Å². The van der Waals surface area contributed by atoms with Gasteiger partial charge in [0.2, 0.25) is 0 Å². The van der Waals surface area contributed by atoms with E-state index in [1.807, 2.05) is 13.8 Å². The molecule has 96 valence electrons. The number of ether oxygens (including phenoxy) is 1. The average molecular weight is 240 g/mol. The summed E-state index contributed by atoms with van der Waals surface area (Å²) in [7, 11) is 0. The van der Waals surface area contributed by atoms with E-state index in [9.17, 15) is 9.59 Å². The molecule has 0 aliphatic rings. The van der Waals surface area contributed by atoms with Gasteiger partial charge in [0.05, 0.1) is 0 Å². The van der Waals surface area contributed by atoms with Crippen molar-refractivity contribution in [2.45, 2.75) is 39.7 Å². The van der Waals surface area contributed by atoms with Gasteiger partial charge in [0.1, 0.15) is 0 Å². The van der Waals surface area contributed by atoms with Gasteiger partial charge in [0.25, 0.3) is 5.91 Å². The minimum absolute atomic E-state index is 0.195. The molecule has 0 aliphatic heterocycles. The first-order chi connectivity index (χ1) is 7.84. The Bertz CT molecular complexity index is 359. The summed E-state index contributed by atoms with van der Waals surface area (Å²) in [6.07, 6.45) is 1.20. The molecule has 0 radical (unpaired) electrons. The molecule has 4 N–H and O–H groups in total. The maximum Gasteiger partial charge on any atom is 0.339 e. The number of esters is 1. The van der Waals surface area contributed by atoms with Gasteiger partial charge in [-0.1, -0.05) is 20.4 Å². The Labute approximate surface area is 101 Å². The van der Waals surface area contributed by atoms with Crippen molar-refractivity contribution >= 4 is 11.9 Å². The molecule has 0 spiro atoms. The predicted molar refractivity (Wildman–Crippen MR) is 65.7 cm³/mol. The Hall–Kier alpha value is -1.62. The lowest BCUT2D eigenvalue weighted by Gasteiger charge is -2.15. The maximum absolute atomic E-state index is 11.7. The molecule has 17 heavy (non-hydrogen) atoms. The third kappa shape index (κ3) is 4.40. The Balaban J connectivity index is 4.96. The number of rotatable bonds is 6. The Morgan fingerprint density at radius 2 is 1.88 bits per heavy atom. The van der Waals surface area contributed by atoms with Crippen LogP contribution in [0.5, 0.6) is 0 Å². The van der Waals surface area contributed by atoms with E-state index in [1.165, 1.54) is 0 Å². The number of hydrogen-bond acceptors (Lipinski definition) is 4. The van der Waals surface area contributed by atoms with Gasteiger partial charge < -0.3 is 16.2 Å². The minimum Gasteiger partial charge on any atom is -0.418 e. The largest absolute Gasteiger partial charge is 0.418 e. The van der Waals surface area contributed by atoms with E-state index in [0.29, 0.717) is 12.0 Å². The predicted octanol–water partition coefficient (Wildman–Crippen LogP) is 0.992. The van der Waals surface area contributed by atoms with Gasteiger partial charge in [-0.15, -0.1) is 0 Å². The summed E-state index contributed by atoms with van der Waals surface area (Å²) in [6, 6.07) is -0.195. The number of nitrogens with two attached hydrogens (primary N) is 2. The van der Waals surface area contributed by atoms with Gasteiger partial charge in [0.15, 0.2) is 5.76 Å². The second-order valence-corrected chi connectivity index (χ2v) is 3.71. The first-order valence-electron chi connectivity index (χ1n) is 5.51. The van der Waals surface area contributed by atoms with Crippen LogP contribution in [0.4, 0.5) is 0 Å². The molecule has 5 heteroatoms. The van der Waals surface area contributed by atoms with Crippen LogP contribution < -0.4 is 11.5 Å². The first kappa shape index (κ1) is 15.4. The van der Waals surface area contributed by atoms with Gasteiger partial charge in [-0.05, 0) is 25.3 Å². The van der Waals surface area contributed by atoms with Crippen molar-refractivity contribution in [3.05, 3.63) is 23.5 Å². The second-order valence-electron chi connectivity index (χ2n) is 3.71. The van der Waals surface area contributed by atoms with Crippen molar-refractivity contribution in [1.82, 2.24) is 0 Å². The molecule has 0 saturated carbocycles. The molecule has 1 amide bonds. The van der Waals surface area contributed by atoms with E-state index in [2.05, 4.69) is 6.58 Å². The Morgan fingerprint density at radius 3 is 2.24 bits per heavy atom. The van der Waals surface area contributed by atoms with Crippen molar-refractivity contribution < 1.29 is 14.3 Å². The molecule has 0 bridgehead atoms. The number of amides is 1. The zero-order valence-electron chi connectivity index (χ0n) is 10.6. The van der Waals surface area contributed by atoms with Crippen LogP contribution in [0.3, 0.4) is 0 Å². The van der Waals surface area contributed by atoms with Crippen LogP contribution in [0.1, 0.15) is 33.6 Å². The number of carbonyl (C=O) groups excluding carboxylic acids is 2. The van der Waals surface area contributed by atoms with Crippen molar-refractivity contribution in [3.8, 4) is 0 Å². The van der Waals surface area contributed by atoms with Crippen LogP contribution in [0.15, 0.2) is 23.5 Å². The molecular formula is C12H20N2O3. The van der Waals surface area contributed by atoms with Crippen LogP contribution in [0.25, 0.3) is 0 Å². The maximum atomic E-state index is 11.7. The van der Waals surface area contributed by atoms with Gasteiger partial charge in [-0.3, -0.25) is 4.79 Å². The average Bonchev–Trinajstić information content (AvgIpc) is 2.28. The fraction of sp³-hybridized carbons (Fsp3) is 0.500. The standard InChI is InChI=1S/C12H20N2O3/c1-5-9(7(3)10(13)6-2)12(16)17-8(4)11(14)15/h10H,4-6,13H2,1-3H3,(H2,14,15)/b9-7-. The van der Waals surface area contributed by atoms with Crippen molar-refractivity contribution in [2.75, 3.05) is 0 Å². The van der Waals surface area contributed by atoms with Crippen molar-refractivity contribution in [3.63, 3.8) is 0 Å². The molecular weight excluding hydrogens is 220 g/mol. The van der Waals surface area contributed by atoms with Crippen LogP contribution in [0, 0.1) is 0 Å². The highest BCUT2D eigenvalue weighted by Crippen LogP contribution is 2.16. The van der Waals surface area contributed by atoms with Crippen LogP contribution in [0.2, 0.25) is 0 Å². The zero-order chi connectivity index (χ0) is 13.6. The van der Waals surface area contributed by atoms with Crippen molar-refractivity contribution in [2.24, 2.45) is 11.5 Å². The normalized spacial score (nSPS) is 13.6. The molecule has 0 heterocycles. The van der Waals surface area contributed by atoms with E-state index in [4.69, 9.17) is 16.2 Å². The Kier molecular flexibility index (Phi) is 6.20. The highest BCUT2D eigenvalue weighted by atomic mass is 16.5. The molecule has 0 aromatic heterocycles. The molecule has 0 aromatic rings. The summed E-state index contributed by atoms with van der Waals surface area (Å²) in [4.78, 5) is 22.5. The minimum atomic E-state index is -0.855.